The van der Waals surface area contributed by atoms with Crippen molar-refractivity contribution in [1.82, 2.24) is 0 Å². The molecule has 0 heterocycles. The Morgan fingerprint density at radius 3 is 1.81 bits per heavy atom. The smallest absolute Gasteiger partial charge is 0.336 e. The molecule has 1 atom stereocenters. The first-order valence-electron chi connectivity index (χ1n) is 17.1. The summed E-state index contributed by atoms with van der Waals surface area (Å²) in [6.07, 6.45) is 9.30. The first kappa shape index (κ1) is 37.5. The SMILES string of the molecule is C=C(C)C(=O)OCC(CCc1ccc(-c2ccc(CCc3ccc(CCCCC)cc3)cc2)c(CC)c1)COC(=O)C(=C)C(C)(C)O. The maximum Gasteiger partial charge on any atom is 0.336 e. The van der Waals surface area contributed by atoms with Gasteiger partial charge in [0.05, 0.1) is 24.4 Å². The average Bonchev–Trinajstić information content (AvgIpc) is 3.06. The van der Waals surface area contributed by atoms with E-state index in [0.717, 1.165) is 25.7 Å². The molecule has 1 unspecified atom stereocenters. The summed E-state index contributed by atoms with van der Waals surface area (Å²) >= 11 is 0. The number of aliphatic hydroxyl groups is 1. The van der Waals surface area contributed by atoms with Crippen LogP contribution >= 0.6 is 0 Å². The molecule has 0 saturated heterocycles. The molecule has 0 spiro atoms. The minimum atomic E-state index is -1.38. The van der Waals surface area contributed by atoms with Crippen molar-refractivity contribution in [2.24, 2.45) is 5.92 Å². The van der Waals surface area contributed by atoms with Crippen LogP contribution in [-0.4, -0.2) is 35.9 Å². The molecule has 252 valence electrons. The van der Waals surface area contributed by atoms with E-state index in [0.29, 0.717) is 12.0 Å². The fourth-order valence-corrected chi connectivity index (χ4v) is 5.40. The molecule has 5 nitrogen and oxygen atoms in total. The molecule has 3 rings (SSSR count). The highest BCUT2D eigenvalue weighted by molar-refractivity contribution is 5.89. The number of ether oxygens (including phenoxy) is 2. The van der Waals surface area contributed by atoms with Gasteiger partial charge >= 0.3 is 11.9 Å². The molecule has 0 aliphatic heterocycles. The summed E-state index contributed by atoms with van der Waals surface area (Å²) in [5.74, 6) is -1.36. The van der Waals surface area contributed by atoms with Crippen molar-refractivity contribution >= 4 is 11.9 Å². The number of hydrogen-bond acceptors (Lipinski definition) is 5. The molecule has 0 aromatic heterocycles. The second-order valence-electron chi connectivity index (χ2n) is 13.2. The van der Waals surface area contributed by atoms with Gasteiger partial charge in [-0.05, 0) is 105 Å². The Morgan fingerprint density at radius 1 is 0.745 bits per heavy atom. The second-order valence-corrected chi connectivity index (χ2v) is 13.2. The van der Waals surface area contributed by atoms with E-state index < -0.39 is 17.5 Å². The summed E-state index contributed by atoms with van der Waals surface area (Å²) in [5, 5.41) is 10.1. The molecule has 0 aliphatic rings. The number of aryl methyl sites for hydroxylation is 5. The summed E-state index contributed by atoms with van der Waals surface area (Å²) in [5.41, 5.74) is 7.94. The fourth-order valence-electron chi connectivity index (χ4n) is 5.40. The molecule has 0 bridgehead atoms. The molecule has 0 amide bonds. The van der Waals surface area contributed by atoms with Gasteiger partial charge in [0.25, 0.3) is 0 Å². The maximum absolute atomic E-state index is 12.4. The normalized spacial score (nSPS) is 12.0. The van der Waals surface area contributed by atoms with Crippen LogP contribution in [-0.2, 0) is 51.2 Å². The van der Waals surface area contributed by atoms with Crippen LogP contribution in [0.3, 0.4) is 0 Å². The van der Waals surface area contributed by atoms with Gasteiger partial charge in [-0.1, -0.05) is 107 Å². The molecule has 1 N–H and O–H groups in total. The Labute approximate surface area is 282 Å². The van der Waals surface area contributed by atoms with Gasteiger partial charge in [0, 0.05) is 11.5 Å². The molecular weight excluding hydrogens is 584 g/mol. The zero-order valence-electron chi connectivity index (χ0n) is 29.2. The zero-order valence-corrected chi connectivity index (χ0v) is 29.2. The predicted molar refractivity (Wildman–Crippen MR) is 192 cm³/mol. The molecule has 0 radical (unpaired) electrons. The van der Waals surface area contributed by atoms with Crippen molar-refractivity contribution in [2.45, 2.75) is 98.0 Å². The lowest BCUT2D eigenvalue weighted by Crippen LogP contribution is -2.30. The summed E-state index contributed by atoms with van der Waals surface area (Å²) < 4.78 is 10.9. The van der Waals surface area contributed by atoms with E-state index in [9.17, 15) is 14.7 Å². The van der Waals surface area contributed by atoms with Crippen LogP contribution < -0.4 is 0 Å². The Kier molecular flexibility index (Phi) is 14.7. The number of carbonyl (C=O) groups excluding carboxylic acids is 2. The first-order chi connectivity index (χ1) is 22.4. The number of benzene rings is 3. The van der Waals surface area contributed by atoms with Crippen molar-refractivity contribution in [1.29, 1.82) is 0 Å². The Balaban J connectivity index is 1.61. The Morgan fingerprint density at radius 2 is 1.28 bits per heavy atom. The average molecular weight is 639 g/mol. The van der Waals surface area contributed by atoms with Crippen molar-refractivity contribution < 1.29 is 24.2 Å². The highest BCUT2D eigenvalue weighted by atomic mass is 16.5. The lowest BCUT2D eigenvalue weighted by molar-refractivity contribution is -0.145. The van der Waals surface area contributed by atoms with Crippen molar-refractivity contribution in [2.75, 3.05) is 13.2 Å². The monoisotopic (exact) mass is 638 g/mol. The highest BCUT2D eigenvalue weighted by Gasteiger charge is 2.26. The molecule has 5 heteroatoms. The van der Waals surface area contributed by atoms with E-state index in [1.807, 2.05) is 0 Å². The molecule has 0 fully saturated rings. The lowest BCUT2D eigenvalue weighted by Gasteiger charge is -2.21. The third-order valence-corrected chi connectivity index (χ3v) is 8.68. The van der Waals surface area contributed by atoms with E-state index in [4.69, 9.17) is 9.47 Å². The van der Waals surface area contributed by atoms with Gasteiger partial charge in [0.15, 0.2) is 0 Å². The van der Waals surface area contributed by atoms with E-state index in [1.165, 1.54) is 78.5 Å². The summed E-state index contributed by atoms with van der Waals surface area (Å²) in [6.45, 7) is 16.4. The number of hydrogen-bond donors (Lipinski definition) is 1. The van der Waals surface area contributed by atoms with Gasteiger partial charge in [0.1, 0.15) is 0 Å². The van der Waals surface area contributed by atoms with E-state index in [1.54, 1.807) is 6.92 Å². The van der Waals surface area contributed by atoms with Crippen LogP contribution in [0.25, 0.3) is 11.1 Å². The van der Waals surface area contributed by atoms with Crippen LogP contribution in [0.4, 0.5) is 0 Å². The topological polar surface area (TPSA) is 72.8 Å². The summed E-state index contributed by atoms with van der Waals surface area (Å²) in [7, 11) is 0. The van der Waals surface area contributed by atoms with Gasteiger partial charge in [-0.3, -0.25) is 0 Å². The van der Waals surface area contributed by atoms with Gasteiger partial charge in [-0.15, -0.1) is 0 Å². The number of unbranched alkanes of at least 4 members (excludes halogenated alkanes) is 2. The molecule has 0 aliphatic carbocycles. The molecule has 3 aromatic carbocycles. The standard InChI is InChI=1S/C42H54O5/c1-8-10-11-12-32-13-15-33(16-14-32)17-18-34-21-24-38(25-22-34)39-26-23-35(27-37(39)9-2)19-20-36(28-46-40(43)30(3)4)29-47-41(44)31(5)42(6,7)45/h13-16,21-27,36,45H,3,5,8-12,17-20,28-29H2,1-2,4,6-7H3. The van der Waals surface area contributed by atoms with Gasteiger partial charge < -0.3 is 14.6 Å². The van der Waals surface area contributed by atoms with Crippen LogP contribution in [0.15, 0.2) is 91.0 Å². The van der Waals surface area contributed by atoms with Crippen LogP contribution in [0, 0.1) is 5.92 Å². The third kappa shape index (κ3) is 12.3. The quantitative estimate of drug-likeness (QED) is 0.0806. The van der Waals surface area contributed by atoms with Crippen LogP contribution in [0.2, 0.25) is 0 Å². The van der Waals surface area contributed by atoms with Crippen molar-refractivity contribution in [3.63, 3.8) is 0 Å². The number of rotatable bonds is 19. The van der Waals surface area contributed by atoms with Crippen molar-refractivity contribution in [3.05, 3.63) is 119 Å². The highest BCUT2D eigenvalue weighted by Crippen LogP contribution is 2.27. The second kappa shape index (κ2) is 18.4. The molecule has 0 saturated carbocycles. The lowest BCUT2D eigenvalue weighted by atomic mass is 9.92. The minimum Gasteiger partial charge on any atom is -0.462 e. The molecular formula is C42H54O5. The van der Waals surface area contributed by atoms with Gasteiger partial charge in [0.2, 0.25) is 0 Å². The largest absolute Gasteiger partial charge is 0.462 e. The number of esters is 2. The maximum atomic E-state index is 12.4. The van der Waals surface area contributed by atoms with E-state index in [-0.39, 0.29) is 24.7 Å². The molecule has 3 aromatic rings. The van der Waals surface area contributed by atoms with Crippen LogP contribution in [0.1, 0.15) is 88.1 Å². The predicted octanol–water partition coefficient (Wildman–Crippen LogP) is 8.97. The fraction of sp³-hybridized carbons (Fsp3) is 0.429. The first-order valence-corrected chi connectivity index (χ1v) is 17.1. The van der Waals surface area contributed by atoms with Gasteiger partial charge in [-0.2, -0.15) is 0 Å². The third-order valence-electron chi connectivity index (χ3n) is 8.68. The zero-order chi connectivity index (χ0) is 34.4. The summed E-state index contributed by atoms with van der Waals surface area (Å²) in [4.78, 5) is 24.5. The van der Waals surface area contributed by atoms with E-state index >= 15 is 0 Å². The Hall–Kier alpha value is -3.96. The van der Waals surface area contributed by atoms with E-state index in [2.05, 4.69) is 93.7 Å². The minimum absolute atomic E-state index is 0.0193. The Bertz CT molecular complexity index is 1470. The van der Waals surface area contributed by atoms with Crippen molar-refractivity contribution in [3.8, 4) is 11.1 Å². The summed E-state index contributed by atoms with van der Waals surface area (Å²) in [6, 6.07) is 24.6. The van der Waals surface area contributed by atoms with Crippen LogP contribution in [0.5, 0.6) is 0 Å². The number of carbonyl (C=O) groups is 2. The molecule has 47 heavy (non-hydrogen) atoms. The van der Waals surface area contributed by atoms with Gasteiger partial charge in [-0.25, -0.2) is 9.59 Å².